The third kappa shape index (κ3) is 6.14. The largest absolute Gasteiger partial charge is 0.491 e. The fraction of sp³-hybridized carbons (Fsp3) is 0.167. The predicted molar refractivity (Wildman–Crippen MR) is 92.9 cm³/mol. The van der Waals surface area contributed by atoms with Crippen molar-refractivity contribution in [2.75, 3.05) is 25.6 Å². The first-order valence-corrected chi connectivity index (χ1v) is 7.51. The van der Waals surface area contributed by atoms with Crippen molar-refractivity contribution in [1.82, 2.24) is 0 Å². The monoisotopic (exact) mass is 331 g/mol. The lowest BCUT2D eigenvalue weighted by Gasteiger charge is -2.07. The third-order valence-electron chi connectivity index (χ3n) is 2.95. The van der Waals surface area contributed by atoms with E-state index in [2.05, 4.69) is 5.32 Å². The van der Waals surface area contributed by atoms with Gasteiger partial charge in [-0.05, 0) is 35.9 Å². The number of ether oxygens (including phenoxy) is 2. The summed E-state index contributed by atoms with van der Waals surface area (Å²) in [5, 5.41) is 3.46. The lowest BCUT2D eigenvalue weighted by molar-refractivity contribution is -0.111. The summed E-state index contributed by atoms with van der Waals surface area (Å²) in [5.41, 5.74) is 1.58. The zero-order valence-corrected chi connectivity index (χ0v) is 13.5. The van der Waals surface area contributed by atoms with E-state index in [9.17, 15) is 4.79 Å². The Bertz CT molecular complexity index is 668. The lowest BCUT2D eigenvalue weighted by Crippen LogP contribution is -2.08. The highest BCUT2D eigenvalue weighted by atomic mass is 35.5. The van der Waals surface area contributed by atoms with Gasteiger partial charge in [0.15, 0.2) is 0 Å². The minimum absolute atomic E-state index is 0.214. The van der Waals surface area contributed by atoms with Gasteiger partial charge in [-0.3, -0.25) is 4.79 Å². The minimum atomic E-state index is -0.214. The normalized spacial score (nSPS) is 10.7. The van der Waals surface area contributed by atoms with Crippen LogP contribution in [0.15, 0.2) is 54.6 Å². The summed E-state index contributed by atoms with van der Waals surface area (Å²) in [5.74, 6) is 0.468. The van der Waals surface area contributed by atoms with E-state index in [0.717, 1.165) is 5.56 Å². The van der Waals surface area contributed by atoms with Gasteiger partial charge in [-0.15, -0.1) is 0 Å². The van der Waals surface area contributed by atoms with Gasteiger partial charge in [-0.25, -0.2) is 0 Å². The quantitative estimate of drug-likeness (QED) is 0.616. The summed E-state index contributed by atoms with van der Waals surface area (Å²) in [6, 6.07) is 14.5. The first-order chi connectivity index (χ1) is 11.2. The zero-order chi connectivity index (χ0) is 16.5. The van der Waals surface area contributed by atoms with Crippen LogP contribution < -0.4 is 10.1 Å². The van der Waals surface area contributed by atoms with Gasteiger partial charge in [0.2, 0.25) is 5.91 Å². The molecule has 0 heterocycles. The molecule has 0 atom stereocenters. The molecule has 0 aliphatic rings. The molecule has 5 heteroatoms. The fourth-order valence-electron chi connectivity index (χ4n) is 1.84. The highest BCUT2D eigenvalue weighted by Gasteiger charge is 2.00. The summed E-state index contributed by atoms with van der Waals surface area (Å²) in [6.45, 7) is 0.977. The SMILES string of the molecule is COCCOc1cccc(NC(=O)/C=C/c2ccc(Cl)cc2)c1. The molecule has 2 aromatic rings. The number of carbonyl (C=O) groups excluding carboxylic acids is 1. The molecule has 0 unspecified atom stereocenters. The Hall–Kier alpha value is -2.30. The number of rotatable bonds is 7. The molecule has 23 heavy (non-hydrogen) atoms. The van der Waals surface area contributed by atoms with Crippen molar-refractivity contribution in [3.63, 3.8) is 0 Å². The average Bonchev–Trinajstić information content (AvgIpc) is 2.55. The molecular weight excluding hydrogens is 314 g/mol. The van der Waals surface area contributed by atoms with Crippen molar-refractivity contribution in [3.05, 3.63) is 65.2 Å². The van der Waals surface area contributed by atoms with Gasteiger partial charge >= 0.3 is 0 Å². The van der Waals surface area contributed by atoms with Crippen LogP contribution in [-0.4, -0.2) is 26.2 Å². The number of carbonyl (C=O) groups is 1. The van der Waals surface area contributed by atoms with Crippen LogP contribution in [0.25, 0.3) is 6.08 Å². The maximum atomic E-state index is 11.9. The smallest absolute Gasteiger partial charge is 0.248 e. The van der Waals surface area contributed by atoms with Gasteiger partial charge in [0.05, 0.1) is 6.61 Å². The Morgan fingerprint density at radius 3 is 2.70 bits per heavy atom. The molecule has 0 aliphatic carbocycles. The molecule has 2 aromatic carbocycles. The number of hydrogen-bond donors (Lipinski definition) is 1. The molecule has 4 nitrogen and oxygen atoms in total. The first-order valence-electron chi connectivity index (χ1n) is 7.14. The third-order valence-corrected chi connectivity index (χ3v) is 3.21. The predicted octanol–water partition coefficient (Wildman–Crippen LogP) is 4.02. The van der Waals surface area contributed by atoms with Crippen LogP contribution >= 0.6 is 11.6 Å². The van der Waals surface area contributed by atoms with Crippen molar-refractivity contribution >= 4 is 29.3 Å². The van der Waals surface area contributed by atoms with E-state index in [1.54, 1.807) is 37.5 Å². The number of hydrogen-bond acceptors (Lipinski definition) is 3. The second-order valence-corrected chi connectivity index (χ2v) is 5.18. The number of methoxy groups -OCH3 is 1. The molecule has 120 valence electrons. The van der Waals surface area contributed by atoms with E-state index in [0.29, 0.717) is 29.7 Å². The highest BCUT2D eigenvalue weighted by Crippen LogP contribution is 2.17. The average molecular weight is 332 g/mol. The van der Waals surface area contributed by atoms with Crippen molar-refractivity contribution in [2.45, 2.75) is 0 Å². The number of benzene rings is 2. The molecule has 1 N–H and O–H groups in total. The topological polar surface area (TPSA) is 47.6 Å². The molecule has 0 radical (unpaired) electrons. The van der Waals surface area contributed by atoms with Gasteiger partial charge in [0, 0.05) is 30.0 Å². The number of halogens is 1. The Balaban J connectivity index is 1.91. The number of amides is 1. The van der Waals surface area contributed by atoms with Crippen LogP contribution in [0.3, 0.4) is 0 Å². The molecule has 0 bridgehead atoms. The van der Waals surface area contributed by atoms with Crippen LogP contribution in [0.2, 0.25) is 5.02 Å². The van der Waals surface area contributed by atoms with Gasteiger partial charge in [-0.1, -0.05) is 29.8 Å². The van der Waals surface area contributed by atoms with Crippen molar-refractivity contribution in [1.29, 1.82) is 0 Å². The zero-order valence-electron chi connectivity index (χ0n) is 12.8. The summed E-state index contributed by atoms with van der Waals surface area (Å²) >= 11 is 5.82. The molecule has 1 amide bonds. The molecular formula is C18H18ClNO3. The fourth-order valence-corrected chi connectivity index (χ4v) is 1.96. The highest BCUT2D eigenvalue weighted by molar-refractivity contribution is 6.30. The van der Waals surface area contributed by atoms with Crippen LogP contribution in [-0.2, 0) is 9.53 Å². The molecule has 0 saturated carbocycles. The summed E-state index contributed by atoms with van der Waals surface area (Å²) in [6.07, 6.45) is 3.20. The molecule has 0 aromatic heterocycles. The van der Waals surface area contributed by atoms with E-state index in [4.69, 9.17) is 21.1 Å². The van der Waals surface area contributed by atoms with Crippen LogP contribution in [0.5, 0.6) is 5.75 Å². The lowest BCUT2D eigenvalue weighted by atomic mass is 10.2. The second kappa shape index (κ2) is 8.98. The molecule has 0 spiro atoms. The Labute approximate surface area is 140 Å². The van der Waals surface area contributed by atoms with E-state index in [1.165, 1.54) is 6.08 Å². The molecule has 0 aliphatic heterocycles. The van der Waals surface area contributed by atoms with Gasteiger partial charge < -0.3 is 14.8 Å². The van der Waals surface area contributed by atoms with E-state index >= 15 is 0 Å². The van der Waals surface area contributed by atoms with Crippen LogP contribution in [0.4, 0.5) is 5.69 Å². The van der Waals surface area contributed by atoms with Crippen molar-refractivity contribution < 1.29 is 14.3 Å². The molecule has 0 saturated heterocycles. The summed E-state index contributed by atoms with van der Waals surface area (Å²) in [7, 11) is 1.62. The summed E-state index contributed by atoms with van der Waals surface area (Å²) < 4.78 is 10.4. The Kier molecular flexibility index (Phi) is 6.66. The standard InChI is InChI=1S/C18H18ClNO3/c1-22-11-12-23-17-4-2-3-16(13-17)20-18(21)10-7-14-5-8-15(19)9-6-14/h2-10,13H,11-12H2,1H3,(H,20,21)/b10-7+. The van der Waals surface area contributed by atoms with Crippen molar-refractivity contribution in [2.24, 2.45) is 0 Å². The van der Waals surface area contributed by atoms with Crippen molar-refractivity contribution in [3.8, 4) is 5.75 Å². The van der Waals surface area contributed by atoms with Crippen LogP contribution in [0.1, 0.15) is 5.56 Å². The maximum absolute atomic E-state index is 11.9. The van der Waals surface area contributed by atoms with Gasteiger partial charge in [-0.2, -0.15) is 0 Å². The summed E-state index contributed by atoms with van der Waals surface area (Å²) in [4.78, 5) is 11.9. The number of anilines is 1. The van der Waals surface area contributed by atoms with E-state index in [-0.39, 0.29) is 5.91 Å². The minimum Gasteiger partial charge on any atom is -0.491 e. The van der Waals surface area contributed by atoms with Crippen LogP contribution in [0, 0.1) is 0 Å². The number of nitrogens with one attached hydrogen (secondary N) is 1. The maximum Gasteiger partial charge on any atom is 0.248 e. The Morgan fingerprint density at radius 1 is 1.17 bits per heavy atom. The molecule has 2 rings (SSSR count). The van der Waals surface area contributed by atoms with Gasteiger partial charge in [0.1, 0.15) is 12.4 Å². The van der Waals surface area contributed by atoms with E-state index < -0.39 is 0 Å². The first kappa shape index (κ1) is 17.1. The van der Waals surface area contributed by atoms with E-state index in [1.807, 2.05) is 24.3 Å². The second-order valence-electron chi connectivity index (χ2n) is 4.74. The molecule has 0 fully saturated rings. The van der Waals surface area contributed by atoms with Gasteiger partial charge in [0.25, 0.3) is 0 Å². The Morgan fingerprint density at radius 2 is 1.96 bits per heavy atom.